The second-order valence-corrected chi connectivity index (χ2v) is 12.1. The van der Waals surface area contributed by atoms with Crippen LogP contribution in [0.5, 0.6) is 5.75 Å². The van der Waals surface area contributed by atoms with E-state index in [0.29, 0.717) is 5.56 Å². The van der Waals surface area contributed by atoms with E-state index in [4.69, 9.17) is 11.5 Å². The Labute approximate surface area is 249 Å². The lowest BCUT2D eigenvalue weighted by Gasteiger charge is -2.38. The van der Waals surface area contributed by atoms with Gasteiger partial charge in [-0.3, -0.25) is 14.4 Å². The highest BCUT2D eigenvalue weighted by Gasteiger charge is 2.42. The van der Waals surface area contributed by atoms with Crippen LogP contribution >= 0.6 is 25.3 Å². The maximum Gasteiger partial charge on any atom is 0.327 e. The maximum absolute atomic E-state index is 14.4. The molecule has 7 N–H and O–H groups in total. The molecule has 0 bridgehead atoms. The van der Waals surface area contributed by atoms with Crippen molar-refractivity contribution in [2.45, 2.75) is 62.0 Å². The number of carbonyl (C=O) groups excluding carboxylic acids is 3. The van der Waals surface area contributed by atoms with Crippen molar-refractivity contribution >= 4 is 48.8 Å². The smallest absolute Gasteiger partial charge is 0.327 e. The average Bonchev–Trinajstić information content (AvgIpc) is 2.90. The predicted molar refractivity (Wildman–Crippen MR) is 160 cm³/mol. The van der Waals surface area contributed by atoms with Crippen molar-refractivity contribution in [2.24, 2.45) is 11.5 Å². The molecule has 224 valence electrons. The molecule has 0 heterocycles. The molecule has 13 heteroatoms. The molecule has 0 aromatic heterocycles. The zero-order chi connectivity index (χ0) is 31.3. The highest BCUT2D eigenvalue weighted by molar-refractivity contribution is 7.81. The molecule has 2 aromatic carbocycles. The molecule has 0 spiro atoms. The number of likely N-dealkylation sites (N-methyl/N-ethyl adjacent to an activating group) is 1. The fourth-order valence-electron chi connectivity index (χ4n) is 4.14. The van der Waals surface area contributed by atoms with E-state index in [0.717, 1.165) is 12.1 Å². The number of halogens is 1. The third kappa shape index (κ3) is 8.44. The molecule has 2 amide bonds. The molecule has 0 aliphatic heterocycles. The maximum atomic E-state index is 14.4. The molecule has 0 saturated heterocycles. The van der Waals surface area contributed by atoms with Crippen molar-refractivity contribution in [3.63, 3.8) is 0 Å². The number of carbonyl (C=O) groups is 4. The molecular weight excluding hydrogens is 571 g/mol. The van der Waals surface area contributed by atoms with Crippen molar-refractivity contribution in [3.05, 3.63) is 65.0 Å². The van der Waals surface area contributed by atoms with E-state index in [1.807, 2.05) is 0 Å². The highest BCUT2D eigenvalue weighted by Crippen LogP contribution is 2.26. The summed E-state index contributed by atoms with van der Waals surface area (Å²) < 4.78 is 13.3. The van der Waals surface area contributed by atoms with Crippen LogP contribution in [0.15, 0.2) is 42.5 Å². The number of carboxylic acid groups (broad SMARTS) is 1. The topological polar surface area (TPSA) is 176 Å². The number of aliphatic carboxylic acids is 1. The van der Waals surface area contributed by atoms with Crippen LogP contribution < -0.4 is 16.8 Å². The number of amides is 2. The third-order valence-electron chi connectivity index (χ3n) is 6.91. The number of nitrogens with zero attached hydrogens (tertiary/aromatic N) is 1. The van der Waals surface area contributed by atoms with Crippen LogP contribution in [-0.4, -0.2) is 79.9 Å². The Kier molecular flexibility index (Phi) is 11.4. The minimum Gasteiger partial charge on any atom is -0.508 e. The first-order chi connectivity index (χ1) is 18.9. The van der Waals surface area contributed by atoms with E-state index in [1.165, 1.54) is 50.9 Å². The van der Waals surface area contributed by atoms with E-state index in [2.05, 4.69) is 30.6 Å². The Balaban J connectivity index is 2.32. The zero-order valence-electron chi connectivity index (χ0n) is 23.3. The zero-order valence-corrected chi connectivity index (χ0v) is 25.1. The van der Waals surface area contributed by atoms with Gasteiger partial charge in [0.2, 0.25) is 11.8 Å². The van der Waals surface area contributed by atoms with Gasteiger partial charge in [-0.1, -0.05) is 18.2 Å². The number of Topliss-reactive ketones (excluding diaryl/α,β-unsaturated/α-hetero) is 1. The number of rotatable bonds is 13. The summed E-state index contributed by atoms with van der Waals surface area (Å²) in [7, 11) is 1.40. The van der Waals surface area contributed by atoms with Crippen molar-refractivity contribution in [1.82, 2.24) is 10.2 Å². The van der Waals surface area contributed by atoms with Crippen LogP contribution in [0.2, 0.25) is 0 Å². The Morgan fingerprint density at radius 2 is 1.61 bits per heavy atom. The number of nitrogens with one attached hydrogen (secondary N) is 1. The molecule has 0 aliphatic rings. The van der Waals surface area contributed by atoms with Gasteiger partial charge in [-0.05, 0) is 69.0 Å². The van der Waals surface area contributed by atoms with Gasteiger partial charge in [-0.2, -0.15) is 25.3 Å². The van der Waals surface area contributed by atoms with Gasteiger partial charge in [0.1, 0.15) is 23.1 Å². The SMILES string of the molecule is CN(C(=O)[C@@H](N)Cc1ccc(O)cc1)[C@](C)(CS)C(=O)c1cc(F)ccc1C[C@H](N)C(=O)N[C@@H](C(=O)O)C(C)(C)S. The number of nitrogens with two attached hydrogens (primary N) is 2. The number of hydrogen-bond acceptors (Lipinski definition) is 9. The van der Waals surface area contributed by atoms with E-state index < -0.39 is 57.8 Å². The fraction of sp³-hybridized carbons (Fsp3) is 0.429. The second kappa shape index (κ2) is 13.7. The van der Waals surface area contributed by atoms with Gasteiger partial charge < -0.3 is 31.9 Å². The molecule has 10 nitrogen and oxygen atoms in total. The summed E-state index contributed by atoms with van der Waals surface area (Å²) in [5.74, 6) is -4.12. The molecule has 0 radical (unpaired) electrons. The minimum atomic E-state index is -1.56. The number of hydrogen-bond donors (Lipinski definition) is 7. The van der Waals surface area contributed by atoms with Gasteiger partial charge in [0, 0.05) is 23.1 Å². The van der Waals surface area contributed by atoms with Crippen molar-refractivity contribution in [3.8, 4) is 5.75 Å². The van der Waals surface area contributed by atoms with Gasteiger partial charge in [-0.15, -0.1) is 0 Å². The monoisotopic (exact) mass is 608 g/mol. The standard InChI is InChI=1S/C28H37FN4O6S2/c1-27(2,41)22(26(38)39)32-24(36)20(30)12-16-7-8-17(29)13-19(16)23(35)28(3,14-40)33(4)25(37)21(31)11-15-5-9-18(34)10-6-15/h5-10,13,20-22,34,40-41H,11-12,14,30-31H2,1-4H3,(H,32,36)(H,38,39)/t20-,21-,22-,28+/m0/s1. The van der Waals surface area contributed by atoms with Crippen LogP contribution in [0.25, 0.3) is 0 Å². The molecule has 2 aromatic rings. The summed E-state index contributed by atoms with van der Waals surface area (Å²) in [5, 5.41) is 21.3. The number of thiol groups is 2. The molecule has 0 aliphatic carbocycles. The largest absolute Gasteiger partial charge is 0.508 e. The Morgan fingerprint density at radius 3 is 2.12 bits per heavy atom. The number of aromatic hydroxyl groups is 1. The van der Waals surface area contributed by atoms with Crippen LogP contribution in [0.1, 0.15) is 42.3 Å². The van der Waals surface area contributed by atoms with Gasteiger partial charge in [-0.25, -0.2) is 9.18 Å². The quantitative estimate of drug-likeness (QED) is 0.132. The number of phenolic OH excluding ortho intramolecular Hbond substituents is 1. The molecule has 41 heavy (non-hydrogen) atoms. The van der Waals surface area contributed by atoms with E-state index >= 15 is 0 Å². The third-order valence-corrected chi connectivity index (χ3v) is 7.78. The lowest BCUT2D eigenvalue weighted by molar-refractivity contribution is -0.142. The Morgan fingerprint density at radius 1 is 1.02 bits per heavy atom. The Bertz CT molecular complexity index is 1290. The molecule has 0 fully saturated rings. The van der Waals surface area contributed by atoms with E-state index in [1.54, 1.807) is 12.1 Å². The van der Waals surface area contributed by atoms with E-state index in [-0.39, 0.29) is 35.5 Å². The molecule has 0 saturated carbocycles. The molecule has 2 rings (SSSR count). The normalized spacial score (nSPS) is 15.2. The van der Waals surface area contributed by atoms with Crippen molar-refractivity contribution < 1.29 is 33.8 Å². The van der Waals surface area contributed by atoms with Gasteiger partial charge in [0.05, 0.1) is 12.1 Å². The summed E-state index contributed by atoms with van der Waals surface area (Å²) in [5.41, 5.74) is 11.5. The summed E-state index contributed by atoms with van der Waals surface area (Å²) >= 11 is 8.55. The fourth-order valence-corrected chi connectivity index (χ4v) is 4.67. The number of benzene rings is 2. The second-order valence-electron chi connectivity index (χ2n) is 10.7. The first kappa shape index (κ1) is 34.1. The number of ketones is 1. The predicted octanol–water partition coefficient (Wildman–Crippen LogP) is 1.58. The van der Waals surface area contributed by atoms with Crippen molar-refractivity contribution in [2.75, 3.05) is 12.8 Å². The molecule has 4 atom stereocenters. The minimum absolute atomic E-state index is 0.0642. The Hall–Kier alpha value is -3.13. The van der Waals surface area contributed by atoms with Crippen LogP contribution in [0, 0.1) is 5.82 Å². The average molecular weight is 609 g/mol. The summed E-state index contributed by atoms with van der Waals surface area (Å²) in [4.78, 5) is 52.7. The van der Waals surface area contributed by atoms with Gasteiger partial charge in [0.15, 0.2) is 5.78 Å². The van der Waals surface area contributed by atoms with Crippen LogP contribution in [-0.2, 0) is 27.2 Å². The summed E-state index contributed by atoms with van der Waals surface area (Å²) in [6.07, 6.45) is -0.0941. The van der Waals surface area contributed by atoms with Crippen LogP contribution in [0.4, 0.5) is 4.39 Å². The lowest BCUT2D eigenvalue weighted by atomic mass is 9.86. The first-order valence-electron chi connectivity index (χ1n) is 12.7. The molecule has 0 unspecified atom stereocenters. The highest BCUT2D eigenvalue weighted by atomic mass is 32.1. The van der Waals surface area contributed by atoms with Crippen molar-refractivity contribution in [1.29, 1.82) is 0 Å². The number of carboxylic acids is 1. The number of phenols is 1. The summed E-state index contributed by atoms with van der Waals surface area (Å²) in [6, 6.07) is 5.93. The van der Waals surface area contributed by atoms with Gasteiger partial charge >= 0.3 is 5.97 Å². The summed E-state index contributed by atoms with van der Waals surface area (Å²) in [6.45, 7) is 4.51. The molecular formula is C28H37FN4O6S2. The first-order valence-corrected chi connectivity index (χ1v) is 13.8. The lowest BCUT2D eigenvalue weighted by Crippen LogP contribution is -2.59. The van der Waals surface area contributed by atoms with Gasteiger partial charge in [0.25, 0.3) is 0 Å². The van der Waals surface area contributed by atoms with E-state index in [9.17, 15) is 33.8 Å². The van der Waals surface area contributed by atoms with Crippen LogP contribution in [0.3, 0.4) is 0 Å².